The van der Waals surface area contributed by atoms with Crippen LogP contribution < -0.4 is 5.32 Å². The molecule has 2 aliphatic carbocycles. The molecule has 0 radical (unpaired) electrons. The van der Waals surface area contributed by atoms with Crippen LogP contribution in [-0.4, -0.2) is 41.7 Å². The summed E-state index contributed by atoms with van der Waals surface area (Å²) >= 11 is 1.42. The highest BCUT2D eigenvalue weighted by Crippen LogP contribution is 2.57. The average Bonchev–Trinajstić information content (AvgIpc) is 2.94. The molecule has 25 heavy (non-hydrogen) atoms. The average molecular weight is 377 g/mol. The largest absolute Gasteiger partial charge is 0.352 e. The van der Waals surface area contributed by atoms with Crippen LogP contribution in [0.2, 0.25) is 0 Å². The topological polar surface area (TPSA) is 79.4 Å². The van der Waals surface area contributed by atoms with E-state index in [0.717, 1.165) is 35.9 Å². The van der Waals surface area contributed by atoms with E-state index in [-0.39, 0.29) is 22.8 Å². The van der Waals surface area contributed by atoms with Crippen molar-refractivity contribution in [3.63, 3.8) is 0 Å². The van der Waals surface area contributed by atoms with Crippen LogP contribution in [0, 0.1) is 5.92 Å². The fraction of sp³-hybridized carbons (Fsp3) is 0.529. The second kappa shape index (κ2) is 5.25. The van der Waals surface area contributed by atoms with Gasteiger partial charge in [0.2, 0.25) is 15.9 Å². The van der Waals surface area contributed by atoms with E-state index < -0.39 is 15.6 Å². The molecule has 1 saturated heterocycles. The molecular weight excluding hydrogens is 358 g/mol. The smallest absolute Gasteiger partial charge is 0.244 e. The minimum atomic E-state index is -3.69. The van der Waals surface area contributed by atoms with Crippen LogP contribution in [0.1, 0.15) is 32.1 Å². The maximum atomic E-state index is 13.2. The zero-order valence-electron chi connectivity index (χ0n) is 13.6. The lowest BCUT2D eigenvalue weighted by Gasteiger charge is -2.32. The normalized spacial score (nSPS) is 29.4. The maximum Gasteiger partial charge on any atom is 0.244 e. The lowest BCUT2D eigenvalue weighted by atomic mass is 9.93. The molecule has 0 spiro atoms. The molecule has 132 valence electrons. The Morgan fingerprint density at radius 2 is 2.16 bits per heavy atom. The Bertz CT molecular complexity index is 966. The summed E-state index contributed by atoms with van der Waals surface area (Å²) in [6, 6.07) is 5.24. The van der Waals surface area contributed by atoms with Gasteiger partial charge in [0.1, 0.15) is 5.54 Å². The van der Waals surface area contributed by atoms with E-state index >= 15 is 0 Å². The standard InChI is InChI=1S/C17H19N3O3S2/c21-16(19-12-2-1-3-12)17-9-11(17)6-7-20(17)25(22,23)13-4-5-14-15(8-13)24-10-18-14/h4-5,8,10-12H,1-3,6-7,9H2,(H,19,21). The first kappa shape index (κ1) is 15.7. The Morgan fingerprint density at radius 3 is 2.88 bits per heavy atom. The van der Waals surface area contributed by atoms with Crippen LogP contribution in [0.3, 0.4) is 0 Å². The monoisotopic (exact) mass is 377 g/mol. The van der Waals surface area contributed by atoms with Crippen LogP contribution in [-0.2, 0) is 14.8 Å². The highest BCUT2D eigenvalue weighted by atomic mass is 32.2. The SMILES string of the molecule is O=C(NC1CCC1)C12CC1CCN2S(=O)(=O)c1ccc2ncsc2c1. The predicted octanol–water partition coefficient (Wildman–Crippen LogP) is 2.12. The van der Waals surface area contributed by atoms with E-state index in [1.54, 1.807) is 23.7 Å². The van der Waals surface area contributed by atoms with Crippen molar-refractivity contribution in [1.29, 1.82) is 0 Å². The molecule has 6 nitrogen and oxygen atoms in total. The van der Waals surface area contributed by atoms with E-state index in [0.29, 0.717) is 13.0 Å². The second-order valence-electron chi connectivity index (χ2n) is 7.27. The summed E-state index contributed by atoms with van der Waals surface area (Å²) in [5, 5.41) is 3.07. The van der Waals surface area contributed by atoms with E-state index in [9.17, 15) is 13.2 Å². The number of piperidine rings is 1. The van der Waals surface area contributed by atoms with Gasteiger partial charge in [-0.2, -0.15) is 4.31 Å². The summed E-state index contributed by atoms with van der Waals surface area (Å²) in [5.74, 6) is 0.0663. The zero-order valence-corrected chi connectivity index (χ0v) is 15.3. The Kier molecular flexibility index (Phi) is 3.30. The van der Waals surface area contributed by atoms with Crippen LogP contribution in [0.15, 0.2) is 28.6 Å². The number of carbonyl (C=O) groups is 1. The molecule has 2 aromatic rings. The zero-order chi connectivity index (χ0) is 17.2. The van der Waals surface area contributed by atoms with Gasteiger partial charge in [0.15, 0.2) is 0 Å². The third kappa shape index (κ3) is 2.20. The van der Waals surface area contributed by atoms with Crippen LogP contribution >= 0.6 is 11.3 Å². The van der Waals surface area contributed by atoms with Gasteiger partial charge >= 0.3 is 0 Å². The van der Waals surface area contributed by atoms with E-state index in [1.165, 1.54) is 15.6 Å². The van der Waals surface area contributed by atoms with Crippen LogP contribution in [0.4, 0.5) is 0 Å². The van der Waals surface area contributed by atoms with Crippen LogP contribution in [0.5, 0.6) is 0 Å². The lowest BCUT2D eigenvalue weighted by molar-refractivity contribution is -0.127. The molecule has 0 bridgehead atoms. The van der Waals surface area contributed by atoms with E-state index in [2.05, 4.69) is 10.3 Å². The summed E-state index contributed by atoms with van der Waals surface area (Å²) in [7, 11) is -3.69. The van der Waals surface area contributed by atoms with Crippen molar-refractivity contribution in [2.45, 2.75) is 48.6 Å². The molecule has 1 amide bonds. The quantitative estimate of drug-likeness (QED) is 0.885. The van der Waals surface area contributed by atoms with Gasteiger partial charge < -0.3 is 5.32 Å². The summed E-state index contributed by atoms with van der Waals surface area (Å²) in [6.45, 7) is 0.422. The Hall–Kier alpha value is -1.51. The minimum Gasteiger partial charge on any atom is -0.352 e. The van der Waals surface area contributed by atoms with Crippen molar-refractivity contribution in [1.82, 2.24) is 14.6 Å². The third-order valence-corrected chi connectivity index (χ3v) is 8.65. The first-order chi connectivity index (χ1) is 12.0. The Balaban J connectivity index is 1.49. The Morgan fingerprint density at radius 1 is 1.32 bits per heavy atom. The van der Waals surface area contributed by atoms with Gasteiger partial charge in [0, 0.05) is 12.6 Å². The number of aromatic nitrogens is 1. The highest BCUT2D eigenvalue weighted by molar-refractivity contribution is 7.89. The molecule has 2 unspecified atom stereocenters. The van der Waals surface area contributed by atoms with Gasteiger partial charge in [0.05, 0.1) is 20.6 Å². The molecule has 8 heteroatoms. The summed E-state index contributed by atoms with van der Waals surface area (Å²) in [6.07, 6.45) is 4.55. The molecule has 1 aliphatic heterocycles. The van der Waals surface area contributed by atoms with Gasteiger partial charge in [-0.1, -0.05) is 0 Å². The number of nitrogens with zero attached hydrogens (tertiary/aromatic N) is 2. The molecule has 3 aliphatic rings. The third-order valence-electron chi connectivity index (χ3n) is 5.92. The number of rotatable bonds is 4. The van der Waals surface area contributed by atoms with Gasteiger partial charge in [-0.3, -0.25) is 4.79 Å². The molecule has 1 N–H and O–H groups in total. The molecular formula is C17H19N3O3S2. The molecule has 1 aromatic heterocycles. The summed E-state index contributed by atoms with van der Waals surface area (Å²) < 4.78 is 28.8. The van der Waals surface area contributed by atoms with Crippen molar-refractivity contribution in [2.24, 2.45) is 5.92 Å². The minimum absolute atomic E-state index is 0.0952. The van der Waals surface area contributed by atoms with E-state index in [1.807, 2.05) is 0 Å². The van der Waals surface area contributed by atoms with Crippen molar-refractivity contribution in [3.05, 3.63) is 23.7 Å². The molecule has 2 saturated carbocycles. The van der Waals surface area contributed by atoms with Crippen LogP contribution in [0.25, 0.3) is 10.2 Å². The molecule has 2 heterocycles. The molecule has 1 aromatic carbocycles. The number of thiazole rings is 1. The Labute approximate surface area is 150 Å². The fourth-order valence-electron chi connectivity index (χ4n) is 4.15. The van der Waals surface area contributed by atoms with Gasteiger partial charge in [-0.25, -0.2) is 13.4 Å². The number of nitrogens with one attached hydrogen (secondary N) is 1. The first-order valence-electron chi connectivity index (χ1n) is 8.69. The lowest BCUT2D eigenvalue weighted by Crippen LogP contribution is -2.53. The maximum absolute atomic E-state index is 13.2. The summed E-state index contributed by atoms with van der Waals surface area (Å²) in [4.78, 5) is 17.3. The number of hydrogen-bond acceptors (Lipinski definition) is 5. The number of fused-ring (bicyclic) bond motifs is 2. The second-order valence-corrected chi connectivity index (χ2v) is 10.0. The van der Waals surface area contributed by atoms with Gasteiger partial charge in [-0.15, -0.1) is 11.3 Å². The van der Waals surface area contributed by atoms with E-state index in [4.69, 9.17) is 0 Å². The van der Waals surface area contributed by atoms with Gasteiger partial charge in [0.25, 0.3) is 0 Å². The number of benzene rings is 1. The van der Waals surface area contributed by atoms with Crippen molar-refractivity contribution in [2.75, 3.05) is 6.54 Å². The number of hydrogen-bond donors (Lipinski definition) is 1. The fourth-order valence-corrected chi connectivity index (χ4v) is 6.78. The molecule has 5 rings (SSSR count). The van der Waals surface area contributed by atoms with Crippen molar-refractivity contribution >= 4 is 37.5 Å². The number of sulfonamides is 1. The van der Waals surface area contributed by atoms with Crippen molar-refractivity contribution in [3.8, 4) is 0 Å². The summed E-state index contributed by atoms with van der Waals surface area (Å²) in [5.41, 5.74) is 1.66. The van der Waals surface area contributed by atoms with Crippen molar-refractivity contribution < 1.29 is 13.2 Å². The number of carbonyl (C=O) groups excluding carboxylic acids is 1. The first-order valence-corrected chi connectivity index (χ1v) is 11.0. The van der Waals surface area contributed by atoms with Gasteiger partial charge in [-0.05, 0) is 56.2 Å². The highest BCUT2D eigenvalue weighted by Gasteiger charge is 2.70. The molecule has 2 atom stereocenters. The predicted molar refractivity (Wildman–Crippen MR) is 94.7 cm³/mol. The molecule has 3 fully saturated rings. The number of amides is 1.